The van der Waals surface area contributed by atoms with Gasteiger partial charge in [0.05, 0.1) is 0 Å². The summed E-state index contributed by atoms with van der Waals surface area (Å²) in [6.45, 7) is 0. The van der Waals surface area contributed by atoms with Crippen molar-refractivity contribution in [3.63, 3.8) is 0 Å². The van der Waals surface area contributed by atoms with Gasteiger partial charge in [-0.25, -0.2) is 0 Å². The first-order chi connectivity index (χ1) is 9.21. The summed E-state index contributed by atoms with van der Waals surface area (Å²) in [5.41, 5.74) is -1.49. The molecule has 0 aliphatic heterocycles. The predicted octanol–water partition coefficient (Wildman–Crippen LogP) is -2.32. The Morgan fingerprint density at radius 1 is 0.909 bits per heavy atom. The van der Waals surface area contributed by atoms with E-state index in [1.54, 1.807) is 0 Å². The SMILES string of the molecule is N#[N+]c1c(S(=O)(=O)O)cc(Br)c(S(=O)(=O)O)c1S(=O)(=O)O.[Cl-]. The monoisotopic (exact) mass is 458 g/mol. The molecule has 0 amide bonds. The van der Waals surface area contributed by atoms with E-state index in [0.717, 1.165) is 0 Å². The molecule has 0 saturated carbocycles. The van der Waals surface area contributed by atoms with E-state index >= 15 is 0 Å². The van der Waals surface area contributed by atoms with Crippen molar-refractivity contribution >= 4 is 52.0 Å². The number of rotatable bonds is 3. The Labute approximate surface area is 138 Å². The zero-order valence-corrected chi connectivity index (χ0v) is 14.5. The van der Waals surface area contributed by atoms with Crippen LogP contribution in [0.4, 0.5) is 5.69 Å². The summed E-state index contributed by atoms with van der Waals surface area (Å²) < 4.78 is 93.0. The van der Waals surface area contributed by atoms with Crippen molar-refractivity contribution in [3.8, 4) is 0 Å². The van der Waals surface area contributed by atoms with Crippen LogP contribution in [0.5, 0.6) is 0 Å². The third-order valence-electron chi connectivity index (χ3n) is 2.02. The Kier molecular flexibility index (Phi) is 6.08. The molecule has 0 unspecified atom stereocenters. The van der Waals surface area contributed by atoms with Gasteiger partial charge in [0.2, 0.25) is 10.3 Å². The van der Waals surface area contributed by atoms with Crippen molar-refractivity contribution in [2.24, 2.45) is 0 Å². The second-order valence-electron chi connectivity index (χ2n) is 3.39. The Morgan fingerprint density at radius 3 is 1.59 bits per heavy atom. The topological polar surface area (TPSA) is 191 Å². The van der Waals surface area contributed by atoms with Gasteiger partial charge < -0.3 is 12.4 Å². The normalized spacial score (nSPS) is 12.3. The molecular weight excluding hydrogens is 456 g/mol. The van der Waals surface area contributed by atoms with Crippen LogP contribution in [0.1, 0.15) is 0 Å². The highest BCUT2D eigenvalue weighted by atomic mass is 79.9. The molecule has 1 aromatic rings. The van der Waals surface area contributed by atoms with E-state index in [-0.39, 0.29) is 12.4 Å². The lowest BCUT2D eigenvalue weighted by molar-refractivity contribution is -0.0000167. The van der Waals surface area contributed by atoms with Crippen LogP contribution in [0.3, 0.4) is 0 Å². The Balaban J connectivity index is 0.00000441. The van der Waals surface area contributed by atoms with E-state index in [4.69, 9.17) is 19.1 Å². The van der Waals surface area contributed by atoms with Gasteiger partial charge in [0, 0.05) is 4.47 Å². The molecule has 0 fully saturated rings. The van der Waals surface area contributed by atoms with Crippen LogP contribution in [0, 0.1) is 5.39 Å². The maximum atomic E-state index is 11.2. The molecule has 0 atom stereocenters. The van der Waals surface area contributed by atoms with Gasteiger partial charge in [-0.2, -0.15) is 25.3 Å². The molecule has 0 aliphatic carbocycles. The molecule has 124 valence electrons. The molecule has 16 heteroatoms. The number of hydrogen-bond acceptors (Lipinski definition) is 7. The molecule has 11 nitrogen and oxygen atoms in total. The quantitative estimate of drug-likeness (QED) is 0.326. The molecule has 1 aromatic carbocycles. The lowest BCUT2D eigenvalue weighted by atomic mass is 10.3. The van der Waals surface area contributed by atoms with Gasteiger partial charge in [-0.05, 0) is 22.0 Å². The highest BCUT2D eigenvalue weighted by molar-refractivity contribution is 9.10. The number of halogens is 2. The van der Waals surface area contributed by atoms with Crippen molar-refractivity contribution in [1.29, 1.82) is 5.39 Å². The number of benzene rings is 1. The van der Waals surface area contributed by atoms with Crippen molar-refractivity contribution in [2.75, 3.05) is 0 Å². The largest absolute Gasteiger partial charge is 1.00 e. The molecule has 22 heavy (non-hydrogen) atoms. The van der Waals surface area contributed by atoms with E-state index in [2.05, 4.69) is 20.9 Å². The first-order valence-electron chi connectivity index (χ1n) is 4.35. The molecule has 1 rings (SSSR count). The Hall–Kier alpha value is -0.860. The van der Waals surface area contributed by atoms with E-state index in [9.17, 15) is 25.3 Å². The van der Waals surface area contributed by atoms with Gasteiger partial charge in [0.1, 0.15) is 4.90 Å². The summed E-state index contributed by atoms with van der Waals surface area (Å²) >= 11 is 2.47. The summed E-state index contributed by atoms with van der Waals surface area (Å²) in [5, 5.41) is 8.69. The van der Waals surface area contributed by atoms with E-state index < -0.39 is 55.2 Å². The average Bonchev–Trinajstić information content (AvgIpc) is 2.23. The van der Waals surface area contributed by atoms with Crippen LogP contribution < -0.4 is 12.4 Å². The van der Waals surface area contributed by atoms with Crippen LogP contribution in [0.2, 0.25) is 0 Å². The highest BCUT2D eigenvalue weighted by Gasteiger charge is 2.42. The first-order valence-corrected chi connectivity index (χ1v) is 9.46. The summed E-state index contributed by atoms with van der Waals surface area (Å²) in [6, 6.07) is 0.363. The molecule has 0 saturated heterocycles. The summed E-state index contributed by atoms with van der Waals surface area (Å²) in [5.74, 6) is 0. The second kappa shape index (κ2) is 6.33. The maximum absolute atomic E-state index is 11.2. The average molecular weight is 460 g/mol. The molecule has 0 aromatic heterocycles. The number of nitrogens with zero attached hydrogens (tertiary/aromatic N) is 2. The maximum Gasteiger partial charge on any atom is 0.428 e. The predicted molar refractivity (Wildman–Crippen MR) is 68.3 cm³/mol. The zero-order valence-electron chi connectivity index (χ0n) is 9.74. The van der Waals surface area contributed by atoms with Gasteiger partial charge in [-0.1, -0.05) is 0 Å². The molecule has 0 aliphatic rings. The lowest BCUT2D eigenvalue weighted by Crippen LogP contribution is -3.00. The minimum absolute atomic E-state index is 0. The summed E-state index contributed by atoms with van der Waals surface area (Å²) in [7, 11) is -15.9. The van der Waals surface area contributed by atoms with Crippen molar-refractivity contribution < 1.29 is 51.3 Å². The van der Waals surface area contributed by atoms with Crippen LogP contribution in [-0.2, 0) is 30.4 Å². The first kappa shape index (κ1) is 21.1. The number of diazo groups is 1. The Morgan fingerprint density at radius 2 is 1.32 bits per heavy atom. The minimum atomic E-state index is -5.46. The molecule has 0 spiro atoms. The van der Waals surface area contributed by atoms with Crippen LogP contribution in [0.15, 0.2) is 25.2 Å². The smallest absolute Gasteiger partial charge is 0.428 e. The van der Waals surface area contributed by atoms with Gasteiger partial charge in [0.25, 0.3) is 10.1 Å². The van der Waals surface area contributed by atoms with E-state index in [0.29, 0.717) is 6.07 Å². The van der Waals surface area contributed by atoms with Gasteiger partial charge >= 0.3 is 25.9 Å². The third-order valence-corrected chi connectivity index (χ3v) is 5.76. The van der Waals surface area contributed by atoms with Crippen molar-refractivity contribution in [3.05, 3.63) is 15.5 Å². The fraction of sp³-hybridized carbons (Fsp3) is 0. The van der Waals surface area contributed by atoms with Crippen LogP contribution in [-0.4, -0.2) is 38.9 Å². The zero-order chi connectivity index (χ0) is 16.8. The molecule has 0 heterocycles. The van der Waals surface area contributed by atoms with E-state index in [1.165, 1.54) is 0 Å². The standard InChI is InChI=1S/C6H3BrN2O9S3.ClH/c7-2-1-3(19(10,11)12)4(9-8)6(21(16,17)18)5(2)20(13,14)15;/h1H,(H2-,10,11,12,13,14,15,16,17,18);1H. The Bertz CT molecular complexity index is 977. The molecular formula is C6H4BrClN2O9S3. The molecule has 3 N–H and O–H groups in total. The second-order valence-corrected chi connectivity index (χ2v) is 8.35. The summed E-state index contributed by atoms with van der Waals surface area (Å²) in [4.78, 5) is -2.27. The minimum Gasteiger partial charge on any atom is -1.00 e. The molecule has 0 radical (unpaired) electrons. The number of hydrogen-bond donors (Lipinski definition) is 3. The van der Waals surface area contributed by atoms with Gasteiger partial charge in [-0.15, -0.1) is 0 Å². The lowest BCUT2D eigenvalue weighted by Gasteiger charge is -2.06. The molecule has 0 bridgehead atoms. The van der Waals surface area contributed by atoms with Crippen molar-refractivity contribution in [1.82, 2.24) is 0 Å². The van der Waals surface area contributed by atoms with Gasteiger partial charge in [-0.3, -0.25) is 13.7 Å². The fourth-order valence-corrected chi connectivity index (χ4v) is 5.40. The fourth-order valence-electron chi connectivity index (χ4n) is 1.35. The van der Waals surface area contributed by atoms with Crippen molar-refractivity contribution in [2.45, 2.75) is 14.7 Å². The van der Waals surface area contributed by atoms with Crippen LogP contribution in [0.25, 0.3) is 4.98 Å². The van der Waals surface area contributed by atoms with E-state index in [1.807, 2.05) is 0 Å². The van der Waals surface area contributed by atoms with Crippen LogP contribution >= 0.6 is 15.9 Å². The third kappa shape index (κ3) is 4.11. The summed E-state index contributed by atoms with van der Waals surface area (Å²) in [6.07, 6.45) is 0. The highest BCUT2D eigenvalue weighted by Crippen LogP contribution is 2.41. The van der Waals surface area contributed by atoms with Gasteiger partial charge in [0.15, 0.2) is 9.87 Å².